The fourth-order valence-electron chi connectivity index (χ4n) is 4.20. The summed E-state index contributed by atoms with van der Waals surface area (Å²) in [7, 11) is 0. The molecule has 0 bridgehead atoms. The standard InChI is InChI=1S/C23H25N11O/c1-13(2)33-10-16(7-28-33)19-12-34-22(31-19)20(17(8-29-34)21(25)35)30-18-11-32(9-14(18)3)23-26-5-15(4-24)6-27-23/h5-8,10,12-14,18,30H,9,11H2,1-3H3,(H2,25,35)/t14-,18+/m0/s1. The van der Waals surface area contributed by atoms with E-state index in [0.29, 0.717) is 41.6 Å². The number of hydrogen-bond acceptors (Lipinski definition) is 9. The Morgan fingerprint density at radius 2 is 1.94 bits per heavy atom. The molecule has 0 spiro atoms. The summed E-state index contributed by atoms with van der Waals surface area (Å²) in [5, 5.41) is 21.2. The Kier molecular flexibility index (Phi) is 5.52. The van der Waals surface area contributed by atoms with Crippen LogP contribution in [0.1, 0.15) is 42.7 Å². The number of rotatable bonds is 6. The van der Waals surface area contributed by atoms with E-state index in [1.807, 2.05) is 28.0 Å². The molecule has 5 rings (SSSR count). The van der Waals surface area contributed by atoms with Crippen molar-refractivity contribution in [3.63, 3.8) is 0 Å². The van der Waals surface area contributed by atoms with Gasteiger partial charge >= 0.3 is 0 Å². The van der Waals surface area contributed by atoms with Gasteiger partial charge in [0.2, 0.25) is 5.95 Å². The van der Waals surface area contributed by atoms with Gasteiger partial charge in [-0.25, -0.2) is 19.5 Å². The number of imidazole rings is 1. The van der Waals surface area contributed by atoms with Crippen LogP contribution in [0.15, 0.2) is 37.2 Å². The number of primary amides is 1. The lowest BCUT2D eigenvalue weighted by Gasteiger charge is -2.20. The van der Waals surface area contributed by atoms with Crippen LogP contribution in [0.3, 0.4) is 0 Å². The van der Waals surface area contributed by atoms with E-state index >= 15 is 0 Å². The largest absolute Gasteiger partial charge is 0.376 e. The van der Waals surface area contributed by atoms with Crippen LogP contribution in [0, 0.1) is 17.2 Å². The second-order valence-electron chi connectivity index (χ2n) is 9.01. The molecule has 1 aliphatic heterocycles. The number of nitriles is 1. The molecule has 1 saturated heterocycles. The third-order valence-corrected chi connectivity index (χ3v) is 6.18. The number of hydrogen-bond donors (Lipinski definition) is 2. The van der Waals surface area contributed by atoms with Crippen molar-refractivity contribution in [1.29, 1.82) is 5.26 Å². The van der Waals surface area contributed by atoms with E-state index < -0.39 is 5.91 Å². The fourth-order valence-corrected chi connectivity index (χ4v) is 4.20. The minimum absolute atomic E-state index is 0.0256. The van der Waals surface area contributed by atoms with Crippen LogP contribution in [-0.2, 0) is 0 Å². The Morgan fingerprint density at radius 1 is 1.17 bits per heavy atom. The predicted octanol–water partition coefficient (Wildman–Crippen LogP) is 1.87. The molecule has 12 nitrogen and oxygen atoms in total. The first kappa shape index (κ1) is 22.3. The molecule has 0 aliphatic carbocycles. The molecule has 3 N–H and O–H groups in total. The Morgan fingerprint density at radius 3 is 2.60 bits per heavy atom. The summed E-state index contributed by atoms with van der Waals surface area (Å²) in [6, 6.07) is 2.23. The highest BCUT2D eigenvalue weighted by Crippen LogP contribution is 2.29. The average molecular weight is 472 g/mol. The predicted molar refractivity (Wildman–Crippen MR) is 129 cm³/mol. The molecule has 178 valence electrons. The van der Waals surface area contributed by atoms with Crippen molar-refractivity contribution in [2.45, 2.75) is 32.9 Å². The van der Waals surface area contributed by atoms with E-state index in [9.17, 15) is 4.79 Å². The van der Waals surface area contributed by atoms with Crippen LogP contribution in [0.4, 0.5) is 11.6 Å². The zero-order valence-corrected chi connectivity index (χ0v) is 19.6. The minimum atomic E-state index is -0.586. The second kappa shape index (κ2) is 8.68. The molecule has 0 saturated carbocycles. The number of anilines is 2. The molecule has 4 aromatic heterocycles. The molecule has 0 unspecified atom stereocenters. The summed E-state index contributed by atoms with van der Waals surface area (Å²) in [6.07, 6.45) is 9.99. The van der Waals surface area contributed by atoms with Gasteiger partial charge in [-0.05, 0) is 19.8 Å². The Hall–Kier alpha value is -4.53. The van der Waals surface area contributed by atoms with Crippen LogP contribution in [0.25, 0.3) is 16.9 Å². The highest BCUT2D eigenvalue weighted by molar-refractivity contribution is 6.01. The Bertz CT molecular complexity index is 1430. The Labute approximate surface area is 201 Å². The summed E-state index contributed by atoms with van der Waals surface area (Å²) in [5.41, 5.74) is 8.97. The van der Waals surface area contributed by atoms with Crippen molar-refractivity contribution in [2.24, 2.45) is 11.7 Å². The summed E-state index contributed by atoms with van der Waals surface area (Å²) in [4.78, 5) is 27.7. The SMILES string of the molecule is CC(C)n1cc(-c2cn3ncc(C(N)=O)c(N[C@@H]4CN(c5ncc(C#N)cn5)C[C@@H]4C)c3n2)cn1. The third-order valence-electron chi connectivity index (χ3n) is 6.18. The molecule has 4 aromatic rings. The highest BCUT2D eigenvalue weighted by Gasteiger charge is 2.32. The van der Waals surface area contributed by atoms with Crippen LogP contribution in [0.2, 0.25) is 0 Å². The van der Waals surface area contributed by atoms with Gasteiger partial charge in [0.15, 0.2) is 5.65 Å². The lowest BCUT2D eigenvalue weighted by Crippen LogP contribution is -2.30. The number of nitrogens with one attached hydrogen (secondary N) is 1. The van der Waals surface area contributed by atoms with Crippen molar-refractivity contribution < 1.29 is 4.79 Å². The number of nitrogens with two attached hydrogens (primary N) is 1. The van der Waals surface area contributed by atoms with Crippen LogP contribution in [-0.4, -0.2) is 59.4 Å². The first-order chi connectivity index (χ1) is 16.8. The molecule has 2 atom stereocenters. The van der Waals surface area contributed by atoms with Gasteiger partial charge in [0.05, 0.1) is 53.5 Å². The maximum Gasteiger partial charge on any atom is 0.252 e. The van der Waals surface area contributed by atoms with Gasteiger partial charge in [0.25, 0.3) is 5.91 Å². The Balaban J connectivity index is 1.47. The van der Waals surface area contributed by atoms with Crippen molar-refractivity contribution in [3.05, 3.63) is 48.3 Å². The van der Waals surface area contributed by atoms with Crippen molar-refractivity contribution in [1.82, 2.24) is 34.3 Å². The number of carbonyl (C=O) groups excluding carboxylic acids is 1. The van der Waals surface area contributed by atoms with Crippen molar-refractivity contribution in [3.8, 4) is 17.3 Å². The van der Waals surface area contributed by atoms with E-state index in [4.69, 9.17) is 16.0 Å². The minimum Gasteiger partial charge on any atom is -0.376 e. The van der Waals surface area contributed by atoms with Crippen LogP contribution < -0.4 is 16.0 Å². The van der Waals surface area contributed by atoms with E-state index in [1.165, 1.54) is 18.6 Å². The van der Waals surface area contributed by atoms with Gasteiger partial charge in [-0.1, -0.05) is 6.92 Å². The lowest BCUT2D eigenvalue weighted by molar-refractivity contribution is 0.100. The molecular weight excluding hydrogens is 446 g/mol. The van der Waals surface area contributed by atoms with Crippen LogP contribution in [0.5, 0.6) is 0 Å². The van der Waals surface area contributed by atoms with E-state index in [-0.39, 0.29) is 23.6 Å². The first-order valence-electron chi connectivity index (χ1n) is 11.3. The van der Waals surface area contributed by atoms with Crippen molar-refractivity contribution in [2.75, 3.05) is 23.3 Å². The van der Waals surface area contributed by atoms with Gasteiger partial charge in [0.1, 0.15) is 6.07 Å². The average Bonchev–Trinajstić information content (AvgIpc) is 3.57. The van der Waals surface area contributed by atoms with Gasteiger partial charge in [0, 0.05) is 36.9 Å². The zero-order chi connectivity index (χ0) is 24.7. The number of fused-ring (bicyclic) bond motifs is 1. The summed E-state index contributed by atoms with van der Waals surface area (Å²) < 4.78 is 3.50. The summed E-state index contributed by atoms with van der Waals surface area (Å²) in [6.45, 7) is 7.54. The van der Waals surface area contributed by atoms with Gasteiger partial charge < -0.3 is 16.0 Å². The van der Waals surface area contributed by atoms with Crippen molar-refractivity contribution >= 4 is 23.2 Å². The molecule has 35 heavy (non-hydrogen) atoms. The maximum absolute atomic E-state index is 12.3. The zero-order valence-electron chi connectivity index (χ0n) is 19.6. The first-order valence-corrected chi connectivity index (χ1v) is 11.3. The normalized spacial score (nSPS) is 17.7. The van der Waals surface area contributed by atoms with E-state index in [1.54, 1.807) is 10.7 Å². The molecule has 1 fully saturated rings. The highest BCUT2D eigenvalue weighted by atomic mass is 16.1. The van der Waals surface area contributed by atoms with Gasteiger partial charge in [-0.2, -0.15) is 15.5 Å². The fraction of sp³-hybridized carbons (Fsp3) is 0.348. The topological polar surface area (TPSA) is 156 Å². The molecule has 12 heteroatoms. The number of nitrogens with zero attached hydrogens (tertiary/aromatic N) is 9. The molecular formula is C23H25N11O. The smallest absolute Gasteiger partial charge is 0.252 e. The summed E-state index contributed by atoms with van der Waals surface area (Å²) >= 11 is 0. The van der Waals surface area contributed by atoms with Gasteiger partial charge in [-0.3, -0.25) is 9.48 Å². The van der Waals surface area contributed by atoms with E-state index in [2.05, 4.69) is 46.3 Å². The second-order valence-corrected chi connectivity index (χ2v) is 9.01. The molecule has 0 radical (unpaired) electrons. The molecule has 1 aliphatic rings. The van der Waals surface area contributed by atoms with E-state index in [0.717, 1.165) is 5.56 Å². The third kappa shape index (κ3) is 4.12. The molecule has 1 amide bonds. The quantitative estimate of drug-likeness (QED) is 0.428. The molecule has 5 heterocycles. The monoisotopic (exact) mass is 471 g/mol. The van der Waals surface area contributed by atoms with Crippen LogP contribution >= 0.6 is 0 Å². The molecule has 0 aromatic carbocycles. The number of amides is 1. The number of aromatic nitrogens is 7. The maximum atomic E-state index is 12.3. The lowest BCUT2D eigenvalue weighted by atomic mass is 10.1. The summed E-state index contributed by atoms with van der Waals surface area (Å²) in [5.74, 6) is 0.180. The van der Waals surface area contributed by atoms with Gasteiger partial charge in [-0.15, -0.1) is 0 Å². The number of carbonyl (C=O) groups is 1.